The second kappa shape index (κ2) is 5.67. The van der Waals surface area contributed by atoms with E-state index >= 15 is 0 Å². The first kappa shape index (κ1) is 13.3. The number of rotatable bonds is 4. The van der Waals surface area contributed by atoms with Crippen LogP contribution in [-0.2, 0) is 13.5 Å². The van der Waals surface area contributed by atoms with E-state index in [1.165, 1.54) is 11.1 Å². The van der Waals surface area contributed by atoms with Crippen LogP contribution in [-0.4, -0.2) is 9.55 Å². The smallest absolute Gasteiger partial charge is 0.108 e. The first-order chi connectivity index (χ1) is 8.56. The predicted molar refractivity (Wildman–Crippen MR) is 77.3 cm³/mol. The average Bonchev–Trinajstić information content (AvgIpc) is 2.70. The Kier molecular flexibility index (Phi) is 4.19. The molecule has 0 aliphatic heterocycles. The Hall–Kier alpha value is -1.13. The molecule has 2 rings (SSSR count). The summed E-state index contributed by atoms with van der Waals surface area (Å²) in [6.45, 7) is 2.08. The molecule has 1 atom stereocenters. The fourth-order valence-corrected chi connectivity index (χ4v) is 2.69. The fourth-order valence-electron chi connectivity index (χ4n) is 2.07. The molecule has 2 N–H and O–H groups in total. The first-order valence-corrected chi connectivity index (χ1v) is 6.84. The molecule has 1 heterocycles. The second-order valence-electron chi connectivity index (χ2n) is 4.66. The van der Waals surface area contributed by atoms with Gasteiger partial charge in [-0.15, -0.1) is 0 Å². The van der Waals surface area contributed by atoms with Gasteiger partial charge in [0.15, 0.2) is 0 Å². The van der Waals surface area contributed by atoms with Gasteiger partial charge < -0.3 is 10.3 Å². The average molecular weight is 308 g/mol. The van der Waals surface area contributed by atoms with Crippen molar-refractivity contribution in [2.75, 3.05) is 0 Å². The molecule has 0 saturated heterocycles. The van der Waals surface area contributed by atoms with Gasteiger partial charge in [0.25, 0.3) is 0 Å². The highest BCUT2D eigenvalue weighted by Crippen LogP contribution is 2.22. The molecular formula is C14H18BrN3. The Morgan fingerprint density at radius 1 is 1.39 bits per heavy atom. The van der Waals surface area contributed by atoms with Gasteiger partial charge in [-0.1, -0.05) is 22.0 Å². The maximum atomic E-state index is 6.24. The van der Waals surface area contributed by atoms with Crippen LogP contribution < -0.4 is 5.73 Å². The predicted octanol–water partition coefficient (Wildman–Crippen LogP) is 3.12. The Morgan fingerprint density at radius 2 is 2.17 bits per heavy atom. The minimum atomic E-state index is 0.0536. The summed E-state index contributed by atoms with van der Waals surface area (Å²) in [5.74, 6) is 1.08. The van der Waals surface area contributed by atoms with Crippen LogP contribution in [0.15, 0.2) is 35.1 Å². The topological polar surface area (TPSA) is 43.8 Å². The van der Waals surface area contributed by atoms with Crippen molar-refractivity contribution < 1.29 is 0 Å². The normalized spacial score (nSPS) is 12.7. The van der Waals surface area contributed by atoms with Crippen LogP contribution in [0.1, 0.15) is 29.4 Å². The number of nitrogens with zero attached hydrogens (tertiary/aromatic N) is 2. The first-order valence-electron chi connectivity index (χ1n) is 6.05. The van der Waals surface area contributed by atoms with E-state index < -0.39 is 0 Å². The molecule has 0 amide bonds. The molecule has 2 aromatic rings. The van der Waals surface area contributed by atoms with Crippen LogP contribution >= 0.6 is 15.9 Å². The van der Waals surface area contributed by atoms with E-state index in [2.05, 4.69) is 46.0 Å². The number of benzene rings is 1. The van der Waals surface area contributed by atoms with Crippen molar-refractivity contribution in [3.63, 3.8) is 0 Å². The quantitative estimate of drug-likeness (QED) is 0.943. The standard InChI is InChI=1S/C14H18BrN3/c1-10-7-11(9-12(15)8-10)13(16)3-4-14-17-5-6-18(14)2/h5-9,13H,3-4,16H2,1-2H3. The number of aromatic nitrogens is 2. The number of nitrogens with two attached hydrogens (primary N) is 1. The zero-order valence-electron chi connectivity index (χ0n) is 10.7. The summed E-state index contributed by atoms with van der Waals surface area (Å²) in [7, 11) is 2.01. The van der Waals surface area contributed by atoms with Gasteiger partial charge in [0.05, 0.1) is 0 Å². The Morgan fingerprint density at radius 3 is 2.78 bits per heavy atom. The molecule has 0 radical (unpaired) electrons. The van der Waals surface area contributed by atoms with E-state index in [4.69, 9.17) is 5.73 Å². The van der Waals surface area contributed by atoms with Crippen molar-refractivity contribution in [1.82, 2.24) is 9.55 Å². The molecule has 0 aliphatic carbocycles. The SMILES string of the molecule is Cc1cc(Br)cc(C(N)CCc2nccn2C)c1. The second-order valence-corrected chi connectivity index (χ2v) is 5.58. The largest absolute Gasteiger partial charge is 0.338 e. The van der Waals surface area contributed by atoms with Crippen molar-refractivity contribution in [3.8, 4) is 0 Å². The summed E-state index contributed by atoms with van der Waals surface area (Å²) in [5.41, 5.74) is 8.65. The van der Waals surface area contributed by atoms with Crippen LogP contribution in [0, 0.1) is 6.92 Å². The molecule has 18 heavy (non-hydrogen) atoms. The lowest BCUT2D eigenvalue weighted by atomic mass is 10.0. The van der Waals surface area contributed by atoms with Gasteiger partial charge >= 0.3 is 0 Å². The van der Waals surface area contributed by atoms with E-state index in [9.17, 15) is 0 Å². The minimum absolute atomic E-state index is 0.0536. The van der Waals surface area contributed by atoms with Crippen LogP contribution in [0.2, 0.25) is 0 Å². The molecule has 0 bridgehead atoms. The molecular weight excluding hydrogens is 290 g/mol. The van der Waals surface area contributed by atoms with Crippen LogP contribution in [0.4, 0.5) is 0 Å². The van der Waals surface area contributed by atoms with E-state index in [-0.39, 0.29) is 6.04 Å². The molecule has 0 saturated carbocycles. The number of halogens is 1. The molecule has 1 unspecified atom stereocenters. The maximum Gasteiger partial charge on any atom is 0.108 e. The highest BCUT2D eigenvalue weighted by Gasteiger charge is 2.09. The minimum Gasteiger partial charge on any atom is -0.338 e. The van der Waals surface area contributed by atoms with Gasteiger partial charge in [-0.3, -0.25) is 0 Å². The summed E-state index contributed by atoms with van der Waals surface area (Å²) in [4.78, 5) is 4.31. The highest BCUT2D eigenvalue weighted by atomic mass is 79.9. The van der Waals surface area contributed by atoms with E-state index in [0.29, 0.717) is 0 Å². The van der Waals surface area contributed by atoms with E-state index in [0.717, 1.165) is 23.1 Å². The molecule has 1 aromatic carbocycles. The Bertz CT molecular complexity index is 513. The molecule has 4 heteroatoms. The Labute approximate surface area is 116 Å². The van der Waals surface area contributed by atoms with Crippen LogP contribution in [0.3, 0.4) is 0 Å². The summed E-state index contributed by atoms with van der Waals surface area (Å²) in [6.07, 6.45) is 5.59. The lowest BCUT2D eigenvalue weighted by molar-refractivity contribution is 0.620. The van der Waals surface area contributed by atoms with Gasteiger partial charge in [-0.05, 0) is 36.6 Å². The lowest BCUT2D eigenvalue weighted by Crippen LogP contribution is -2.12. The van der Waals surface area contributed by atoms with Crippen molar-refractivity contribution in [2.45, 2.75) is 25.8 Å². The summed E-state index contributed by atoms with van der Waals surface area (Å²) >= 11 is 3.51. The van der Waals surface area contributed by atoms with Gasteiger partial charge in [0, 0.05) is 36.4 Å². The molecule has 96 valence electrons. The van der Waals surface area contributed by atoms with Crippen molar-refractivity contribution in [3.05, 3.63) is 52.0 Å². The molecule has 0 aliphatic rings. The van der Waals surface area contributed by atoms with Crippen molar-refractivity contribution in [2.24, 2.45) is 12.8 Å². The maximum absolute atomic E-state index is 6.24. The summed E-state index contributed by atoms with van der Waals surface area (Å²) in [5, 5.41) is 0. The Balaban J connectivity index is 2.03. The summed E-state index contributed by atoms with van der Waals surface area (Å²) < 4.78 is 3.13. The number of hydrogen-bond acceptors (Lipinski definition) is 2. The monoisotopic (exact) mass is 307 g/mol. The third-order valence-corrected chi connectivity index (χ3v) is 3.55. The van der Waals surface area contributed by atoms with Crippen LogP contribution in [0.25, 0.3) is 0 Å². The number of aryl methyl sites for hydroxylation is 3. The van der Waals surface area contributed by atoms with Crippen molar-refractivity contribution in [1.29, 1.82) is 0 Å². The van der Waals surface area contributed by atoms with E-state index in [1.807, 2.05) is 24.0 Å². The highest BCUT2D eigenvalue weighted by molar-refractivity contribution is 9.10. The molecule has 3 nitrogen and oxygen atoms in total. The zero-order valence-corrected chi connectivity index (χ0v) is 12.3. The fraction of sp³-hybridized carbons (Fsp3) is 0.357. The third kappa shape index (κ3) is 3.21. The van der Waals surface area contributed by atoms with E-state index in [1.54, 1.807) is 0 Å². The third-order valence-electron chi connectivity index (χ3n) is 3.09. The lowest BCUT2D eigenvalue weighted by Gasteiger charge is -2.13. The van der Waals surface area contributed by atoms with Gasteiger partial charge in [-0.2, -0.15) is 0 Å². The van der Waals surface area contributed by atoms with Gasteiger partial charge in [0.2, 0.25) is 0 Å². The molecule has 1 aromatic heterocycles. The number of imidazole rings is 1. The number of hydrogen-bond donors (Lipinski definition) is 1. The zero-order chi connectivity index (χ0) is 13.1. The van der Waals surface area contributed by atoms with Crippen molar-refractivity contribution >= 4 is 15.9 Å². The molecule has 0 fully saturated rings. The molecule has 0 spiro atoms. The van der Waals surface area contributed by atoms with Crippen LogP contribution in [0.5, 0.6) is 0 Å². The summed E-state index contributed by atoms with van der Waals surface area (Å²) in [6, 6.07) is 6.39. The van der Waals surface area contributed by atoms with Gasteiger partial charge in [-0.25, -0.2) is 4.98 Å². The van der Waals surface area contributed by atoms with Gasteiger partial charge in [0.1, 0.15) is 5.82 Å².